The molecule has 0 fully saturated rings. The van der Waals surface area contributed by atoms with E-state index in [-0.39, 0.29) is 17.0 Å². The van der Waals surface area contributed by atoms with Crippen LogP contribution in [-0.4, -0.2) is 40.5 Å². The van der Waals surface area contributed by atoms with Gasteiger partial charge in [-0.1, -0.05) is 0 Å². The number of ether oxygens (including phenoxy) is 1. The number of hydrogen-bond acceptors (Lipinski definition) is 6. The van der Waals surface area contributed by atoms with Crippen LogP contribution in [0.15, 0.2) is 39.4 Å². The number of thiazole rings is 1. The van der Waals surface area contributed by atoms with E-state index in [2.05, 4.69) is 4.98 Å². The molecule has 0 aliphatic carbocycles. The van der Waals surface area contributed by atoms with Crippen LogP contribution in [0.3, 0.4) is 0 Å². The van der Waals surface area contributed by atoms with E-state index in [4.69, 9.17) is 4.74 Å². The maximum absolute atomic E-state index is 12.8. The standard InChI is InChI=1S/C15H15N3O3S2/c1-21-5-3-17(9-11-2-6-22-10-11)13(19)12-8-16-15-18(14(12)20)4-7-23-15/h2,4,6-8,10H,3,5,9H2,1H3. The van der Waals surface area contributed by atoms with Crippen molar-refractivity contribution in [2.45, 2.75) is 6.54 Å². The molecule has 0 atom stereocenters. The fourth-order valence-electron chi connectivity index (χ4n) is 2.20. The number of thiophene rings is 1. The lowest BCUT2D eigenvalue weighted by Crippen LogP contribution is -2.37. The van der Waals surface area contributed by atoms with Crippen LogP contribution in [0.2, 0.25) is 0 Å². The molecule has 3 aromatic rings. The molecule has 6 nitrogen and oxygen atoms in total. The molecule has 0 aromatic carbocycles. The summed E-state index contributed by atoms with van der Waals surface area (Å²) in [7, 11) is 1.58. The molecular weight excluding hydrogens is 334 g/mol. The number of nitrogens with zero attached hydrogens (tertiary/aromatic N) is 3. The van der Waals surface area contributed by atoms with Crippen LogP contribution in [0.4, 0.5) is 0 Å². The van der Waals surface area contributed by atoms with Crippen LogP contribution in [-0.2, 0) is 11.3 Å². The van der Waals surface area contributed by atoms with Gasteiger partial charge >= 0.3 is 0 Å². The van der Waals surface area contributed by atoms with Gasteiger partial charge in [-0.3, -0.25) is 14.0 Å². The molecule has 0 bridgehead atoms. The van der Waals surface area contributed by atoms with Crippen LogP contribution >= 0.6 is 22.7 Å². The molecule has 0 saturated heterocycles. The van der Waals surface area contributed by atoms with Crippen LogP contribution in [0.5, 0.6) is 0 Å². The number of fused-ring (bicyclic) bond motifs is 1. The lowest BCUT2D eigenvalue weighted by Gasteiger charge is -2.21. The van der Waals surface area contributed by atoms with Gasteiger partial charge in [0, 0.05) is 38.0 Å². The molecular formula is C15H15N3O3S2. The number of methoxy groups -OCH3 is 1. The van der Waals surface area contributed by atoms with Gasteiger partial charge in [-0.15, -0.1) is 11.3 Å². The second kappa shape index (κ2) is 7.03. The Morgan fingerprint density at radius 1 is 1.43 bits per heavy atom. The van der Waals surface area contributed by atoms with Gasteiger partial charge in [0.05, 0.1) is 6.61 Å². The molecule has 1 amide bonds. The summed E-state index contributed by atoms with van der Waals surface area (Å²) < 4.78 is 6.48. The van der Waals surface area contributed by atoms with Crippen molar-refractivity contribution in [1.29, 1.82) is 0 Å². The molecule has 0 spiro atoms. The summed E-state index contributed by atoms with van der Waals surface area (Å²) in [4.78, 5) is 31.6. The first-order chi connectivity index (χ1) is 11.2. The summed E-state index contributed by atoms with van der Waals surface area (Å²) in [6, 6.07) is 1.96. The second-order valence-electron chi connectivity index (χ2n) is 4.88. The van der Waals surface area contributed by atoms with Crippen LogP contribution in [0.25, 0.3) is 4.96 Å². The third-order valence-electron chi connectivity index (χ3n) is 3.38. The Morgan fingerprint density at radius 3 is 3.04 bits per heavy atom. The third-order valence-corrected chi connectivity index (χ3v) is 4.88. The minimum atomic E-state index is -0.339. The summed E-state index contributed by atoms with van der Waals surface area (Å²) in [6.45, 7) is 1.26. The molecule has 8 heteroatoms. The summed E-state index contributed by atoms with van der Waals surface area (Å²) in [5, 5.41) is 5.72. The van der Waals surface area contributed by atoms with Crippen molar-refractivity contribution in [3.05, 3.63) is 56.1 Å². The smallest absolute Gasteiger partial charge is 0.271 e. The highest BCUT2D eigenvalue weighted by Gasteiger charge is 2.21. The molecule has 0 aliphatic rings. The molecule has 3 aromatic heterocycles. The van der Waals surface area contributed by atoms with E-state index in [0.717, 1.165) is 5.56 Å². The molecule has 0 N–H and O–H groups in total. The maximum atomic E-state index is 12.8. The van der Waals surface area contributed by atoms with Crippen molar-refractivity contribution in [2.75, 3.05) is 20.3 Å². The topological polar surface area (TPSA) is 63.9 Å². The van der Waals surface area contributed by atoms with Crippen LogP contribution in [0.1, 0.15) is 15.9 Å². The highest BCUT2D eigenvalue weighted by molar-refractivity contribution is 7.15. The van der Waals surface area contributed by atoms with Gasteiger partial charge in [0.15, 0.2) is 4.96 Å². The summed E-state index contributed by atoms with van der Waals surface area (Å²) in [6.07, 6.45) is 2.99. The second-order valence-corrected chi connectivity index (χ2v) is 6.54. The maximum Gasteiger partial charge on any atom is 0.271 e. The molecule has 0 aliphatic heterocycles. The first-order valence-corrected chi connectivity index (χ1v) is 8.77. The van der Waals surface area contributed by atoms with E-state index >= 15 is 0 Å². The van der Waals surface area contributed by atoms with Gasteiger partial charge in [0.25, 0.3) is 11.5 Å². The average Bonchev–Trinajstić information content (AvgIpc) is 3.22. The van der Waals surface area contributed by atoms with E-state index in [0.29, 0.717) is 24.7 Å². The molecule has 0 radical (unpaired) electrons. The third kappa shape index (κ3) is 3.34. The highest BCUT2D eigenvalue weighted by Crippen LogP contribution is 2.12. The minimum Gasteiger partial charge on any atom is -0.383 e. The Bertz CT molecular complexity index is 854. The number of carbonyl (C=O) groups is 1. The monoisotopic (exact) mass is 349 g/mol. The molecule has 23 heavy (non-hydrogen) atoms. The number of aromatic nitrogens is 2. The molecule has 0 unspecified atom stereocenters. The molecule has 3 rings (SSSR count). The minimum absolute atomic E-state index is 0.0761. The first-order valence-electron chi connectivity index (χ1n) is 6.95. The van der Waals surface area contributed by atoms with E-state index in [1.165, 1.54) is 21.9 Å². The SMILES string of the molecule is COCCN(Cc1ccsc1)C(=O)c1cnc2sccn2c1=O. The zero-order chi connectivity index (χ0) is 16.2. The zero-order valence-corrected chi connectivity index (χ0v) is 14.1. The molecule has 0 saturated carbocycles. The van der Waals surface area contributed by atoms with Crippen molar-refractivity contribution in [3.8, 4) is 0 Å². The first kappa shape index (κ1) is 15.9. The largest absolute Gasteiger partial charge is 0.383 e. The van der Waals surface area contributed by atoms with Gasteiger partial charge in [-0.25, -0.2) is 4.98 Å². The molecule has 3 heterocycles. The normalized spacial score (nSPS) is 11.0. The number of carbonyl (C=O) groups excluding carboxylic acids is 1. The Balaban J connectivity index is 1.91. The van der Waals surface area contributed by atoms with Crippen molar-refractivity contribution in [1.82, 2.24) is 14.3 Å². The van der Waals surface area contributed by atoms with Gasteiger partial charge in [-0.05, 0) is 22.4 Å². The van der Waals surface area contributed by atoms with Crippen LogP contribution < -0.4 is 5.56 Å². The molecule has 120 valence electrons. The lowest BCUT2D eigenvalue weighted by molar-refractivity contribution is 0.0678. The van der Waals surface area contributed by atoms with Crippen molar-refractivity contribution >= 4 is 33.5 Å². The van der Waals surface area contributed by atoms with E-state index < -0.39 is 0 Å². The van der Waals surface area contributed by atoms with E-state index in [9.17, 15) is 9.59 Å². The Kier molecular flexibility index (Phi) is 4.85. The van der Waals surface area contributed by atoms with E-state index in [1.54, 1.807) is 34.9 Å². The Labute approximate surface area is 140 Å². The quantitative estimate of drug-likeness (QED) is 0.684. The average molecular weight is 349 g/mol. The van der Waals surface area contributed by atoms with E-state index in [1.807, 2.05) is 16.8 Å². The number of hydrogen-bond donors (Lipinski definition) is 0. The number of amides is 1. The Morgan fingerprint density at radius 2 is 2.30 bits per heavy atom. The Hall–Kier alpha value is -2.03. The van der Waals surface area contributed by atoms with Gasteiger partial charge in [0.2, 0.25) is 0 Å². The fraction of sp³-hybridized carbons (Fsp3) is 0.267. The van der Waals surface area contributed by atoms with Gasteiger partial charge in [0.1, 0.15) is 5.56 Å². The predicted octanol–water partition coefficient (Wildman–Crippen LogP) is 2.11. The van der Waals surface area contributed by atoms with Crippen molar-refractivity contribution in [2.24, 2.45) is 0 Å². The van der Waals surface area contributed by atoms with Crippen molar-refractivity contribution in [3.63, 3.8) is 0 Å². The van der Waals surface area contributed by atoms with Crippen LogP contribution in [0, 0.1) is 0 Å². The summed E-state index contributed by atoms with van der Waals surface area (Å²) in [5.41, 5.74) is 0.769. The summed E-state index contributed by atoms with van der Waals surface area (Å²) >= 11 is 2.93. The predicted molar refractivity (Wildman–Crippen MR) is 90.3 cm³/mol. The number of rotatable bonds is 6. The van der Waals surface area contributed by atoms with Gasteiger partial charge in [-0.2, -0.15) is 11.3 Å². The fourth-order valence-corrected chi connectivity index (χ4v) is 3.53. The summed E-state index contributed by atoms with van der Waals surface area (Å²) in [5.74, 6) is -0.327. The van der Waals surface area contributed by atoms with Crippen molar-refractivity contribution < 1.29 is 9.53 Å². The highest BCUT2D eigenvalue weighted by atomic mass is 32.1. The zero-order valence-electron chi connectivity index (χ0n) is 12.5. The lowest BCUT2D eigenvalue weighted by atomic mass is 10.2. The van der Waals surface area contributed by atoms with Gasteiger partial charge < -0.3 is 9.64 Å².